The zero-order valence-electron chi connectivity index (χ0n) is 17.2. The quantitative estimate of drug-likeness (QED) is 0.318. The molecule has 2 aromatic rings. The number of aromatic nitrogens is 2. The third kappa shape index (κ3) is 7.53. The number of rotatable bonds is 13. The molecule has 0 aliphatic carbocycles. The highest BCUT2D eigenvalue weighted by Crippen LogP contribution is 2.29. The highest BCUT2D eigenvalue weighted by molar-refractivity contribution is 7.93. The standard InChI is InChI=1S/C19H28ClFN6O2S2/c20-15-11-18(31(28,29)27-19-25-13-26-30-19)16(21)12-17(15)24-9-2-1-7-22-8-3-5-14-6-4-10-23-14/h11-14,22-24H,1-10H2,(H,25,26,27)/t14-/m1/s1. The molecule has 1 atom stereocenters. The zero-order chi connectivity index (χ0) is 22.1. The molecule has 1 saturated heterocycles. The summed E-state index contributed by atoms with van der Waals surface area (Å²) in [5.74, 6) is -0.887. The summed E-state index contributed by atoms with van der Waals surface area (Å²) in [5, 5.41) is 10.2. The topological polar surface area (TPSA) is 108 Å². The van der Waals surface area contributed by atoms with Crippen molar-refractivity contribution in [2.24, 2.45) is 0 Å². The van der Waals surface area contributed by atoms with Gasteiger partial charge in [0, 0.05) is 24.1 Å². The molecule has 2 heterocycles. The van der Waals surface area contributed by atoms with Crippen LogP contribution in [0, 0.1) is 5.82 Å². The molecule has 8 nitrogen and oxygen atoms in total. The Balaban J connectivity index is 1.37. The molecule has 172 valence electrons. The average molecular weight is 491 g/mol. The molecule has 31 heavy (non-hydrogen) atoms. The lowest BCUT2D eigenvalue weighted by Crippen LogP contribution is -2.24. The number of halogens is 2. The van der Waals surface area contributed by atoms with Gasteiger partial charge in [0.05, 0.1) is 10.7 Å². The summed E-state index contributed by atoms with van der Waals surface area (Å²) < 4.78 is 45.1. The Kier molecular flexibility index (Phi) is 9.27. The molecule has 12 heteroatoms. The van der Waals surface area contributed by atoms with E-state index in [4.69, 9.17) is 11.6 Å². The Bertz CT molecular complexity index is 924. The van der Waals surface area contributed by atoms with Crippen LogP contribution < -0.4 is 20.7 Å². The van der Waals surface area contributed by atoms with E-state index < -0.39 is 20.7 Å². The van der Waals surface area contributed by atoms with Gasteiger partial charge in [-0.2, -0.15) is 4.37 Å². The second-order valence-corrected chi connectivity index (χ2v) is 10.3. The molecule has 3 rings (SSSR count). The number of hydrogen-bond donors (Lipinski definition) is 4. The van der Waals surface area contributed by atoms with Crippen molar-refractivity contribution >= 4 is 44.0 Å². The summed E-state index contributed by atoms with van der Waals surface area (Å²) in [6.07, 6.45) is 8.05. The molecule has 0 saturated carbocycles. The van der Waals surface area contributed by atoms with E-state index >= 15 is 0 Å². The summed E-state index contributed by atoms with van der Waals surface area (Å²) in [6.45, 7) is 3.71. The number of nitrogens with zero attached hydrogens (tertiary/aromatic N) is 2. The normalized spacial score (nSPS) is 16.5. The Labute approximate surface area is 191 Å². The van der Waals surface area contributed by atoms with E-state index in [2.05, 4.69) is 30.0 Å². The van der Waals surface area contributed by atoms with Crippen molar-refractivity contribution in [2.75, 3.05) is 36.2 Å². The maximum absolute atomic E-state index is 14.4. The monoisotopic (exact) mass is 490 g/mol. The lowest BCUT2D eigenvalue weighted by molar-refractivity contribution is 0.512. The third-order valence-electron chi connectivity index (χ3n) is 5.06. The van der Waals surface area contributed by atoms with Gasteiger partial charge in [0.25, 0.3) is 10.0 Å². The van der Waals surface area contributed by atoms with Gasteiger partial charge in [0.15, 0.2) is 0 Å². The van der Waals surface area contributed by atoms with E-state index in [1.54, 1.807) is 0 Å². The van der Waals surface area contributed by atoms with E-state index in [1.807, 2.05) is 0 Å². The van der Waals surface area contributed by atoms with Crippen LogP contribution in [0.3, 0.4) is 0 Å². The van der Waals surface area contributed by atoms with Crippen LogP contribution in [0.4, 0.5) is 15.2 Å². The van der Waals surface area contributed by atoms with Gasteiger partial charge in [-0.05, 0) is 70.3 Å². The van der Waals surface area contributed by atoms with Crippen LogP contribution in [-0.4, -0.2) is 50.0 Å². The number of nitrogens with one attached hydrogen (secondary N) is 4. The smallest absolute Gasteiger partial charge is 0.266 e. The summed E-state index contributed by atoms with van der Waals surface area (Å²) in [4.78, 5) is 3.21. The van der Waals surface area contributed by atoms with E-state index in [1.165, 1.54) is 32.0 Å². The van der Waals surface area contributed by atoms with Crippen molar-refractivity contribution in [3.8, 4) is 0 Å². The number of unbranched alkanes of at least 4 members (excludes halogenated alkanes) is 1. The molecule has 1 aliphatic rings. The fraction of sp³-hybridized carbons (Fsp3) is 0.579. The molecule has 0 unspecified atom stereocenters. The first-order chi connectivity index (χ1) is 15.0. The van der Waals surface area contributed by atoms with Crippen LogP contribution in [0.1, 0.15) is 38.5 Å². The van der Waals surface area contributed by atoms with Gasteiger partial charge in [-0.25, -0.2) is 17.8 Å². The van der Waals surface area contributed by atoms with Crippen LogP contribution in [-0.2, 0) is 10.0 Å². The summed E-state index contributed by atoms with van der Waals surface area (Å²) >= 11 is 7.03. The van der Waals surface area contributed by atoms with E-state index in [0.717, 1.165) is 56.1 Å². The molecular weight excluding hydrogens is 463 g/mol. The van der Waals surface area contributed by atoms with Gasteiger partial charge < -0.3 is 16.0 Å². The second-order valence-electron chi connectivity index (χ2n) is 7.43. The molecule has 1 aliphatic heterocycles. The van der Waals surface area contributed by atoms with Crippen molar-refractivity contribution < 1.29 is 12.8 Å². The van der Waals surface area contributed by atoms with E-state index in [0.29, 0.717) is 18.3 Å². The minimum absolute atomic E-state index is 0.0570. The van der Waals surface area contributed by atoms with Crippen LogP contribution >= 0.6 is 23.1 Å². The summed E-state index contributed by atoms with van der Waals surface area (Å²) in [7, 11) is -4.14. The Morgan fingerprint density at radius 2 is 2.03 bits per heavy atom. The van der Waals surface area contributed by atoms with Gasteiger partial charge in [-0.1, -0.05) is 11.6 Å². The molecule has 0 radical (unpaired) electrons. The van der Waals surface area contributed by atoms with Crippen LogP contribution in [0.5, 0.6) is 0 Å². The van der Waals surface area contributed by atoms with Crippen molar-refractivity contribution in [3.05, 3.63) is 29.3 Å². The molecule has 0 amide bonds. The van der Waals surface area contributed by atoms with Gasteiger partial charge in [0.2, 0.25) is 5.13 Å². The summed E-state index contributed by atoms with van der Waals surface area (Å²) in [5.41, 5.74) is 0.367. The van der Waals surface area contributed by atoms with Gasteiger partial charge in [-0.15, -0.1) is 0 Å². The minimum Gasteiger partial charge on any atom is -0.384 e. The molecule has 1 aromatic carbocycles. The van der Waals surface area contributed by atoms with Crippen LogP contribution in [0.15, 0.2) is 23.4 Å². The average Bonchev–Trinajstić information content (AvgIpc) is 3.42. The van der Waals surface area contributed by atoms with Crippen molar-refractivity contribution in [3.63, 3.8) is 0 Å². The lowest BCUT2D eigenvalue weighted by atomic mass is 10.1. The lowest BCUT2D eigenvalue weighted by Gasteiger charge is -2.12. The van der Waals surface area contributed by atoms with E-state index in [-0.39, 0.29) is 10.2 Å². The molecule has 4 N–H and O–H groups in total. The van der Waals surface area contributed by atoms with Crippen molar-refractivity contribution in [1.29, 1.82) is 0 Å². The predicted molar refractivity (Wildman–Crippen MR) is 123 cm³/mol. The number of hydrogen-bond acceptors (Lipinski definition) is 8. The maximum Gasteiger partial charge on any atom is 0.266 e. The molecule has 1 aromatic heterocycles. The first-order valence-electron chi connectivity index (χ1n) is 10.4. The fourth-order valence-electron chi connectivity index (χ4n) is 3.46. The highest BCUT2D eigenvalue weighted by Gasteiger charge is 2.22. The number of anilines is 2. The molecular formula is C19H28ClFN6O2S2. The van der Waals surface area contributed by atoms with E-state index in [9.17, 15) is 12.8 Å². The number of benzene rings is 1. The largest absolute Gasteiger partial charge is 0.384 e. The van der Waals surface area contributed by atoms with Crippen molar-refractivity contribution in [2.45, 2.75) is 49.5 Å². The molecule has 1 fully saturated rings. The maximum atomic E-state index is 14.4. The van der Waals surface area contributed by atoms with Crippen LogP contribution in [0.2, 0.25) is 5.02 Å². The van der Waals surface area contributed by atoms with Crippen molar-refractivity contribution in [1.82, 2.24) is 20.0 Å². The van der Waals surface area contributed by atoms with Crippen LogP contribution in [0.25, 0.3) is 0 Å². The predicted octanol–water partition coefficient (Wildman–Crippen LogP) is 3.45. The molecule has 0 spiro atoms. The SMILES string of the molecule is O=S(=O)(Nc1ncns1)c1cc(Cl)c(NCCCCNCCC[C@@H]2CCCN2)cc1F. The molecule has 0 bridgehead atoms. The highest BCUT2D eigenvalue weighted by atomic mass is 35.5. The first-order valence-corrected chi connectivity index (χ1v) is 13.1. The number of sulfonamides is 1. The minimum atomic E-state index is -4.14. The Morgan fingerprint density at radius 3 is 2.77 bits per heavy atom. The van der Waals surface area contributed by atoms with Gasteiger partial charge in [-0.3, -0.25) is 4.72 Å². The summed E-state index contributed by atoms with van der Waals surface area (Å²) in [6, 6.07) is 2.90. The zero-order valence-corrected chi connectivity index (χ0v) is 19.6. The second kappa shape index (κ2) is 11.9. The van der Waals surface area contributed by atoms with Gasteiger partial charge >= 0.3 is 0 Å². The first kappa shape index (κ1) is 24.1. The Hall–Kier alpha value is -1.53. The fourth-order valence-corrected chi connectivity index (χ4v) is 5.50. The third-order valence-corrected chi connectivity index (χ3v) is 7.43. The Morgan fingerprint density at radius 1 is 1.23 bits per heavy atom. The van der Waals surface area contributed by atoms with Gasteiger partial charge in [0.1, 0.15) is 17.0 Å².